The van der Waals surface area contributed by atoms with Gasteiger partial charge in [-0.05, 0) is 18.2 Å². The quantitative estimate of drug-likeness (QED) is 0.593. The lowest BCUT2D eigenvalue weighted by Crippen LogP contribution is -1.89. The molecular weight excluding hydrogens is 284 g/mol. The second-order valence-electron chi connectivity index (χ2n) is 3.68. The van der Waals surface area contributed by atoms with Gasteiger partial charge in [0.2, 0.25) is 0 Å². The lowest BCUT2D eigenvalue weighted by molar-refractivity contribution is 0.112. The van der Waals surface area contributed by atoms with Gasteiger partial charge in [0, 0.05) is 15.5 Å². The molecule has 0 saturated heterocycles. The summed E-state index contributed by atoms with van der Waals surface area (Å²) < 4.78 is 0. The lowest BCUT2D eigenvalue weighted by atomic mass is 10.2. The zero-order chi connectivity index (χ0) is 13.2. The Morgan fingerprint density at radius 3 is 3.00 bits per heavy atom. The van der Waals surface area contributed by atoms with E-state index in [1.54, 1.807) is 24.5 Å². The van der Waals surface area contributed by atoms with Gasteiger partial charge in [0.1, 0.15) is 16.9 Å². The Hall–Kier alpha value is -1.92. The minimum Gasteiger partial charge on any atom is -0.341 e. The van der Waals surface area contributed by atoms with Crippen LogP contribution in [0.3, 0.4) is 0 Å². The van der Waals surface area contributed by atoms with Crippen LogP contribution >= 0.6 is 23.4 Å². The SMILES string of the molecule is O=Cc1ccc(Cl)cc1Sc1ncnc2nc[nH]c12. The van der Waals surface area contributed by atoms with Crippen molar-refractivity contribution in [1.82, 2.24) is 19.9 Å². The van der Waals surface area contributed by atoms with E-state index in [4.69, 9.17) is 11.6 Å². The van der Waals surface area contributed by atoms with E-state index in [2.05, 4.69) is 19.9 Å². The third-order valence-electron chi connectivity index (χ3n) is 2.50. The van der Waals surface area contributed by atoms with Crippen LogP contribution in [0.15, 0.2) is 40.8 Å². The molecule has 3 rings (SSSR count). The lowest BCUT2D eigenvalue weighted by Gasteiger charge is -2.04. The summed E-state index contributed by atoms with van der Waals surface area (Å²) in [4.78, 5) is 27.1. The largest absolute Gasteiger partial charge is 0.341 e. The number of aldehydes is 1. The second-order valence-corrected chi connectivity index (χ2v) is 5.15. The van der Waals surface area contributed by atoms with Crippen LogP contribution in [-0.4, -0.2) is 26.2 Å². The standard InChI is InChI=1S/C12H7ClN4OS/c13-8-2-1-7(4-18)9(3-8)19-12-10-11(15-5-14-10)16-6-17-12/h1-6H,(H,14,15,16,17). The highest BCUT2D eigenvalue weighted by Crippen LogP contribution is 2.33. The number of aromatic amines is 1. The van der Waals surface area contributed by atoms with Gasteiger partial charge in [-0.1, -0.05) is 23.4 Å². The van der Waals surface area contributed by atoms with E-state index in [0.29, 0.717) is 21.3 Å². The van der Waals surface area contributed by atoms with Gasteiger partial charge in [-0.15, -0.1) is 0 Å². The minimum absolute atomic E-state index is 0.570. The van der Waals surface area contributed by atoms with Gasteiger partial charge >= 0.3 is 0 Å². The molecule has 5 nitrogen and oxygen atoms in total. The maximum atomic E-state index is 11.0. The van der Waals surface area contributed by atoms with Gasteiger partial charge in [0.25, 0.3) is 0 Å². The van der Waals surface area contributed by atoms with Crippen LogP contribution in [0.4, 0.5) is 0 Å². The van der Waals surface area contributed by atoms with Gasteiger partial charge in [0.15, 0.2) is 11.9 Å². The predicted octanol–water partition coefficient (Wildman–Crippen LogP) is 2.97. The van der Waals surface area contributed by atoms with Gasteiger partial charge in [-0.2, -0.15) is 0 Å². The van der Waals surface area contributed by atoms with E-state index in [1.807, 2.05) is 0 Å². The van der Waals surface area contributed by atoms with Gasteiger partial charge in [0.05, 0.1) is 6.33 Å². The third kappa shape index (κ3) is 2.32. The number of halogens is 1. The van der Waals surface area contributed by atoms with Gasteiger partial charge < -0.3 is 4.98 Å². The van der Waals surface area contributed by atoms with Crippen molar-refractivity contribution in [1.29, 1.82) is 0 Å². The van der Waals surface area contributed by atoms with Crippen LogP contribution in [0.25, 0.3) is 11.2 Å². The number of H-pyrrole nitrogens is 1. The number of hydrogen-bond acceptors (Lipinski definition) is 5. The molecule has 0 bridgehead atoms. The monoisotopic (exact) mass is 290 g/mol. The average Bonchev–Trinajstić information content (AvgIpc) is 2.88. The molecule has 0 fully saturated rings. The molecular formula is C12H7ClN4OS. The Morgan fingerprint density at radius 2 is 2.16 bits per heavy atom. The molecule has 0 atom stereocenters. The molecule has 7 heteroatoms. The van der Waals surface area contributed by atoms with Crippen molar-refractivity contribution >= 4 is 40.8 Å². The topological polar surface area (TPSA) is 71.5 Å². The summed E-state index contributed by atoms with van der Waals surface area (Å²) in [5.74, 6) is 0. The third-order valence-corrected chi connectivity index (χ3v) is 3.81. The number of carbonyl (C=O) groups is 1. The molecule has 0 saturated carbocycles. The Bertz CT molecular complexity index is 758. The molecule has 0 spiro atoms. The fourth-order valence-corrected chi connectivity index (χ4v) is 2.84. The van der Waals surface area contributed by atoms with E-state index in [0.717, 1.165) is 16.7 Å². The average molecular weight is 291 g/mol. The zero-order valence-electron chi connectivity index (χ0n) is 9.50. The summed E-state index contributed by atoms with van der Waals surface area (Å²) in [6.45, 7) is 0. The first kappa shape index (κ1) is 12.1. The minimum atomic E-state index is 0.570. The van der Waals surface area contributed by atoms with Crippen LogP contribution in [0.1, 0.15) is 10.4 Å². The predicted molar refractivity (Wildman–Crippen MR) is 72.6 cm³/mol. The molecule has 0 radical (unpaired) electrons. The fourth-order valence-electron chi connectivity index (χ4n) is 1.62. The summed E-state index contributed by atoms with van der Waals surface area (Å²) in [5.41, 5.74) is 1.90. The van der Waals surface area contributed by atoms with E-state index >= 15 is 0 Å². The van der Waals surface area contributed by atoms with Crippen LogP contribution in [0, 0.1) is 0 Å². The van der Waals surface area contributed by atoms with Crippen LogP contribution in [0.5, 0.6) is 0 Å². The Labute approximate surface area is 117 Å². The number of nitrogens with zero attached hydrogens (tertiary/aromatic N) is 3. The van der Waals surface area contributed by atoms with E-state index < -0.39 is 0 Å². The molecule has 3 aromatic rings. The Morgan fingerprint density at radius 1 is 1.26 bits per heavy atom. The van der Waals surface area contributed by atoms with Crippen molar-refractivity contribution in [3.05, 3.63) is 41.4 Å². The van der Waals surface area contributed by atoms with Crippen molar-refractivity contribution in [3.8, 4) is 0 Å². The molecule has 0 aliphatic heterocycles. The van der Waals surface area contributed by atoms with Gasteiger partial charge in [-0.3, -0.25) is 4.79 Å². The summed E-state index contributed by atoms with van der Waals surface area (Å²) >= 11 is 7.30. The van der Waals surface area contributed by atoms with E-state index in [9.17, 15) is 4.79 Å². The molecule has 0 amide bonds. The normalized spacial score (nSPS) is 10.8. The van der Waals surface area contributed by atoms with Crippen LogP contribution < -0.4 is 0 Å². The zero-order valence-corrected chi connectivity index (χ0v) is 11.1. The van der Waals surface area contributed by atoms with Gasteiger partial charge in [-0.25, -0.2) is 15.0 Å². The first-order valence-electron chi connectivity index (χ1n) is 5.34. The van der Waals surface area contributed by atoms with Crippen molar-refractivity contribution in [2.45, 2.75) is 9.92 Å². The molecule has 0 unspecified atom stereocenters. The Kier molecular flexibility index (Phi) is 3.18. The highest BCUT2D eigenvalue weighted by molar-refractivity contribution is 7.99. The second kappa shape index (κ2) is 4.99. The summed E-state index contributed by atoms with van der Waals surface area (Å²) in [6, 6.07) is 5.10. The van der Waals surface area contributed by atoms with E-state index in [1.165, 1.54) is 18.1 Å². The maximum Gasteiger partial charge on any atom is 0.181 e. The van der Waals surface area contributed by atoms with Crippen molar-refractivity contribution in [2.75, 3.05) is 0 Å². The number of imidazole rings is 1. The van der Waals surface area contributed by atoms with E-state index in [-0.39, 0.29) is 0 Å². The smallest absolute Gasteiger partial charge is 0.181 e. The fraction of sp³-hybridized carbons (Fsp3) is 0. The highest BCUT2D eigenvalue weighted by atomic mass is 35.5. The highest BCUT2D eigenvalue weighted by Gasteiger charge is 2.10. The number of fused-ring (bicyclic) bond motifs is 1. The number of hydrogen-bond donors (Lipinski definition) is 1. The molecule has 1 N–H and O–H groups in total. The summed E-state index contributed by atoms with van der Waals surface area (Å²) in [5, 5.41) is 1.27. The molecule has 1 aromatic carbocycles. The summed E-state index contributed by atoms with van der Waals surface area (Å²) in [7, 11) is 0. The van der Waals surface area contributed by atoms with Crippen LogP contribution in [0.2, 0.25) is 5.02 Å². The molecule has 2 aromatic heterocycles. The first-order chi connectivity index (χ1) is 9.28. The molecule has 0 aliphatic rings. The number of carbonyl (C=O) groups excluding carboxylic acids is 1. The molecule has 2 heterocycles. The van der Waals surface area contributed by atoms with Crippen molar-refractivity contribution in [2.24, 2.45) is 0 Å². The van der Waals surface area contributed by atoms with Crippen molar-refractivity contribution < 1.29 is 4.79 Å². The number of nitrogens with one attached hydrogen (secondary N) is 1. The number of rotatable bonds is 3. The Balaban J connectivity index is 2.08. The number of benzene rings is 1. The first-order valence-corrected chi connectivity index (χ1v) is 6.54. The summed E-state index contributed by atoms with van der Waals surface area (Å²) in [6.07, 6.45) is 3.79. The molecule has 94 valence electrons. The molecule has 19 heavy (non-hydrogen) atoms. The van der Waals surface area contributed by atoms with Crippen LogP contribution in [-0.2, 0) is 0 Å². The molecule has 0 aliphatic carbocycles. The van der Waals surface area contributed by atoms with Crippen molar-refractivity contribution in [3.63, 3.8) is 0 Å². The maximum absolute atomic E-state index is 11.0. The number of aromatic nitrogens is 4.